The molecule has 0 atom stereocenters. The molecule has 0 amide bonds. The minimum Gasteiger partial charge on any atom is -0.493 e. The van der Waals surface area contributed by atoms with Gasteiger partial charge in [0.05, 0.1) is 14.2 Å². The molecule has 0 unspecified atom stereocenters. The molecule has 2 aromatic rings. The SMILES string of the molecule is COc1ccc(COC(=O)/C=C/c2cccc(Br)c2)cc1OC. The number of esters is 1. The van der Waals surface area contributed by atoms with Crippen molar-refractivity contribution >= 4 is 28.0 Å². The molecule has 0 bridgehead atoms. The van der Waals surface area contributed by atoms with Gasteiger partial charge in [-0.1, -0.05) is 34.1 Å². The predicted molar refractivity (Wildman–Crippen MR) is 92.5 cm³/mol. The molecular weight excluding hydrogens is 360 g/mol. The van der Waals surface area contributed by atoms with Crippen LogP contribution in [-0.4, -0.2) is 20.2 Å². The van der Waals surface area contributed by atoms with E-state index in [2.05, 4.69) is 15.9 Å². The van der Waals surface area contributed by atoms with Crippen LogP contribution >= 0.6 is 15.9 Å². The summed E-state index contributed by atoms with van der Waals surface area (Å²) in [5.41, 5.74) is 1.74. The summed E-state index contributed by atoms with van der Waals surface area (Å²) >= 11 is 3.38. The highest BCUT2D eigenvalue weighted by molar-refractivity contribution is 9.10. The Balaban J connectivity index is 1.94. The van der Waals surface area contributed by atoms with Gasteiger partial charge in [0.2, 0.25) is 0 Å². The summed E-state index contributed by atoms with van der Waals surface area (Å²) in [5.74, 6) is 0.836. The van der Waals surface area contributed by atoms with E-state index in [4.69, 9.17) is 14.2 Å². The van der Waals surface area contributed by atoms with Gasteiger partial charge >= 0.3 is 5.97 Å². The first-order valence-electron chi connectivity index (χ1n) is 6.93. The fourth-order valence-corrected chi connectivity index (χ4v) is 2.36. The highest BCUT2D eigenvalue weighted by Gasteiger charge is 2.06. The lowest BCUT2D eigenvalue weighted by atomic mass is 10.2. The quantitative estimate of drug-likeness (QED) is 0.559. The molecule has 0 fully saturated rings. The van der Waals surface area contributed by atoms with E-state index in [0.29, 0.717) is 11.5 Å². The van der Waals surface area contributed by atoms with Crippen LogP contribution in [0, 0.1) is 0 Å². The minimum absolute atomic E-state index is 0.169. The van der Waals surface area contributed by atoms with E-state index >= 15 is 0 Å². The van der Waals surface area contributed by atoms with Crippen molar-refractivity contribution < 1.29 is 19.0 Å². The minimum atomic E-state index is -0.403. The lowest BCUT2D eigenvalue weighted by Crippen LogP contribution is -2.01. The molecule has 0 aliphatic rings. The first-order valence-corrected chi connectivity index (χ1v) is 7.73. The number of carbonyl (C=O) groups excluding carboxylic acids is 1. The Morgan fingerprint density at radius 1 is 1.09 bits per heavy atom. The van der Waals surface area contributed by atoms with Crippen LogP contribution < -0.4 is 9.47 Å². The van der Waals surface area contributed by atoms with Crippen molar-refractivity contribution in [3.05, 3.63) is 64.1 Å². The summed E-state index contributed by atoms with van der Waals surface area (Å²) < 4.78 is 16.6. The highest BCUT2D eigenvalue weighted by atomic mass is 79.9. The van der Waals surface area contributed by atoms with Crippen molar-refractivity contribution in [2.45, 2.75) is 6.61 Å². The van der Waals surface area contributed by atoms with E-state index in [1.807, 2.05) is 30.3 Å². The predicted octanol–water partition coefficient (Wildman–Crippen LogP) is 4.22. The third kappa shape index (κ3) is 5.14. The van der Waals surface area contributed by atoms with Crippen molar-refractivity contribution in [2.75, 3.05) is 14.2 Å². The molecule has 0 saturated heterocycles. The van der Waals surface area contributed by atoms with Gasteiger partial charge in [-0.25, -0.2) is 4.79 Å². The normalized spacial score (nSPS) is 10.6. The molecule has 0 saturated carbocycles. The van der Waals surface area contributed by atoms with Gasteiger partial charge in [-0.05, 0) is 41.5 Å². The number of benzene rings is 2. The molecule has 120 valence electrons. The number of hydrogen-bond donors (Lipinski definition) is 0. The topological polar surface area (TPSA) is 44.8 Å². The second-order valence-corrected chi connectivity index (χ2v) is 5.60. The van der Waals surface area contributed by atoms with Crippen LogP contribution in [0.25, 0.3) is 6.08 Å². The molecule has 23 heavy (non-hydrogen) atoms. The number of rotatable bonds is 6. The number of carbonyl (C=O) groups is 1. The summed E-state index contributed by atoms with van der Waals surface area (Å²) in [5, 5.41) is 0. The van der Waals surface area contributed by atoms with Crippen LogP contribution in [0.5, 0.6) is 11.5 Å². The zero-order valence-corrected chi connectivity index (χ0v) is 14.5. The molecule has 2 aromatic carbocycles. The van der Waals surface area contributed by atoms with Crippen LogP contribution in [-0.2, 0) is 16.1 Å². The zero-order valence-electron chi connectivity index (χ0n) is 12.9. The molecule has 0 aliphatic heterocycles. The number of ether oxygens (including phenoxy) is 3. The van der Waals surface area contributed by atoms with Gasteiger partial charge in [0.1, 0.15) is 6.61 Å². The monoisotopic (exact) mass is 376 g/mol. The molecular formula is C18H17BrO4. The second kappa shape index (κ2) is 8.39. The van der Waals surface area contributed by atoms with Crippen LogP contribution in [0.2, 0.25) is 0 Å². The van der Waals surface area contributed by atoms with Crippen molar-refractivity contribution in [2.24, 2.45) is 0 Å². The van der Waals surface area contributed by atoms with Gasteiger partial charge in [-0.2, -0.15) is 0 Å². The Labute approximate surface area is 143 Å². The Morgan fingerprint density at radius 2 is 1.87 bits per heavy atom. The van der Waals surface area contributed by atoms with Crippen LogP contribution in [0.4, 0.5) is 0 Å². The first-order chi connectivity index (χ1) is 11.1. The van der Waals surface area contributed by atoms with Gasteiger partial charge in [-0.3, -0.25) is 0 Å². The van der Waals surface area contributed by atoms with E-state index in [9.17, 15) is 4.79 Å². The summed E-state index contributed by atoms with van der Waals surface area (Å²) in [6.45, 7) is 0.169. The van der Waals surface area contributed by atoms with Crippen LogP contribution in [0.3, 0.4) is 0 Å². The number of hydrogen-bond acceptors (Lipinski definition) is 4. The fourth-order valence-electron chi connectivity index (χ4n) is 1.95. The largest absolute Gasteiger partial charge is 0.493 e. The maximum Gasteiger partial charge on any atom is 0.331 e. The molecule has 5 heteroatoms. The molecule has 0 spiro atoms. The summed E-state index contributed by atoms with van der Waals surface area (Å²) in [6, 6.07) is 13.0. The standard InChI is InChI=1S/C18H17BrO4/c1-21-16-8-6-14(11-17(16)22-2)12-23-18(20)9-7-13-4-3-5-15(19)10-13/h3-11H,12H2,1-2H3/b9-7+. The van der Waals surface area contributed by atoms with Crippen molar-refractivity contribution in [1.29, 1.82) is 0 Å². The lowest BCUT2D eigenvalue weighted by molar-refractivity contribution is -0.138. The van der Waals surface area contributed by atoms with Gasteiger partial charge in [0, 0.05) is 10.5 Å². The van der Waals surface area contributed by atoms with E-state index in [-0.39, 0.29) is 6.61 Å². The van der Waals surface area contributed by atoms with Gasteiger partial charge < -0.3 is 14.2 Å². The highest BCUT2D eigenvalue weighted by Crippen LogP contribution is 2.27. The molecule has 4 nitrogen and oxygen atoms in total. The number of halogens is 1. The smallest absolute Gasteiger partial charge is 0.331 e. The Kier molecular flexibility index (Phi) is 6.23. The maximum atomic E-state index is 11.8. The molecule has 0 N–H and O–H groups in total. The lowest BCUT2D eigenvalue weighted by Gasteiger charge is -2.09. The average molecular weight is 377 g/mol. The summed E-state index contributed by atoms with van der Waals surface area (Å²) in [6.07, 6.45) is 3.12. The molecule has 2 rings (SSSR count). The van der Waals surface area contributed by atoms with Gasteiger partial charge in [0.25, 0.3) is 0 Å². The Bertz CT molecular complexity index is 710. The summed E-state index contributed by atoms with van der Waals surface area (Å²) in [7, 11) is 3.14. The molecule has 0 aliphatic carbocycles. The van der Waals surface area contributed by atoms with E-state index in [0.717, 1.165) is 15.6 Å². The van der Waals surface area contributed by atoms with Gasteiger partial charge in [-0.15, -0.1) is 0 Å². The Morgan fingerprint density at radius 3 is 2.57 bits per heavy atom. The van der Waals surface area contributed by atoms with Crippen LogP contribution in [0.15, 0.2) is 53.0 Å². The van der Waals surface area contributed by atoms with Crippen molar-refractivity contribution in [1.82, 2.24) is 0 Å². The summed E-state index contributed by atoms with van der Waals surface area (Å²) in [4.78, 5) is 11.8. The first kappa shape index (κ1) is 17.1. The zero-order chi connectivity index (χ0) is 16.7. The second-order valence-electron chi connectivity index (χ2n) is 4.69. The fraction of sp³-hybridized carbons (Fsp3) is 0.167. The third-order valence-corrected chi connectivity index (χ3v) is 3.58. The Hall–Kier alpha value is -2.27. The van der Waals surface area contributed by atoms with E-state index in [1.54, 1.807) is 32.4 Å². The third-order valence-electron chi connectivity index (χ3n) is 3.09. The number of methoxy groups -OCH3 is 2. The van der Waals surface area contributed by atoms with Gasteiger partial charge in [0.15, 0.2) is 11.5 Å². The van der Waals surface area contributed by atoms with E-state index < -0.39 is 5.97 Å². The maximum absolute atomic E-state index is 11.8. The van der Waals surface area contributed by atoms with E-state index in [1.165, 1.54) is 6.08 Å². The average Bonchev–Trinajstić information content (AvgIpc) is 2.57. The van der Waals surface area contributed by atoms with Crippen molar-refractivity contribution in [3.8, 4) is 11.5 Å². The van der Waals surface area contributed by atoms with Crippen LogP contribution in [0.1, 0.15) is 11.1 Å². The molecule has 0 heterocycles. The van der Waals surface area contributed by atoms with Crippen molar-refractivity contribution in [3.63, 3.8) is 0 Å². The molecule has 0 aromatic heterocycles. The molecule has 0 radical (unpaired) electrons.